The second-order valence-corrected chi connectivity index (χ2v) is 7.10. The monoisotopic (exact) mass is 305 g/mol. The summed E-state index contributed by atoms with van der Waals surface area (Å²) in [5.41, 5.74) is 0. The van der Waals surface area contributed by atoms with Gasteiger partial charge in [-0.05, 0) is 32.1 Å². The summed E-state index contributed by atoms with van der Waals surface area (Å²) in [6, 6.07) is 0.744. The summed E-state index contributed by atoms with van der Waals surface area (Å²) in [4.78, 5) is 11.2. The van der Waals surface area contributed by atoms with Crippen molar-refractivity contribution >= 4 is 16.3 Å². The Balaban J connectivity index is 2.11. The van der Waals surface area contributed by atoms with E-state index in [1.165, 1.54) is 4.31 Å². The molecule has 0 spiro atoms. The normalized spacial score (nSPS) is 29.4. The Hall–Kier alpha value is -0.860. The molecule has 2 rings (SSSR count). The van der Waals surface area contributed by atoms with Crippen LogP contribution < -0.4 is 10.0 Å². The van der Waals surface area contributed by atoms with Crippen LogP contribution in [0, 0.1) is 0 Å². The summed E-state index contributed by atoms with van der Waals surface area (Å²) >= 11 is 0. The van der Waals surface area contributed by atoms with Crippen LogP contribution in [0.4, 0.5) is 4.79 Å². The Bertz CT molecular complexity index is 442. The second kappa shape index (κ2) is 6.28. The fourth-order valence-corrected chi connectivity index (χ4v) is 4.59. The summed E-state index contributed by atoms with van der Waals surface area (Å²) < 4.78 is 32.4. The van der Waals surface area contributed by atoms with Gasteiger partial charge < -0.3 is 10.1 Å². The van der Waals surface area contributed by atoms with E-state index in [1.807, 2.05) is 11.6 Å². The molecule has 2 saturated heterocycles. The van der Waals surface area contributed by atoms with E-state index in [-0.39, 0.29) is 6.04 Å². The highest BCUT2D eigenvalue weighted by Gasteiger charge is 2.40. The highest BCUT2D eigenvalue weighted by molar-refractivity contribution is 7.87. The van der Waals surface area contributed by atoms with Crippen LogP contribution in [0.5, 0.6) is 0 Å². The van der Waals surface area contributed by atoms with Crippen molar-refractivity contribution in [3.63, 3.8) is 0 Å². The maximum Gasteiger partial charge on any atom is 0.421 e. The van der Waals surface area contributed by atoms with Crippen molar-refractivity contribution < 1.29 is 17.9 Å². The molecule has 2 unspecified atom stereocenters. The molecule has 20 heavy (non-hydrogen) atoms. The molecule has 2 fully saturated rings. The lowest BCUT2D eigenvalue weighted by molar-refractivity contribution is 0.175. The molecule has 116 valence electrons. The number of methoxy groups -OCH3 is 1. The van der Waals surface area contributed by atoms with Crippen LogP contribution in [0.1, 0.15) is 39.0 Å². The maximum absolute atomic E-state index is 12.3. The molecule has 2 aliphatic rings. The summed E-state index contributed by atoms with van der Waals surface area (Å²) in [6.07, 6.45) is 3.58. The Labute approximate surface area is 120 Å². The van der Waals surface area contributed by atoms with Gasteiger partial charge in [0.2, 0.25) is 0 Å². The zero-order valence-electron chi connectivity index (χ0n) is 12.0. The van der Waals surface area contributed by atoms with Crippen LogP contribution in [0.15, 0.2) is 0 Å². The van der Waals surface area contributed by atoms with Gasteiger partial charge in [0, 0.05) is 24.7 Å². The van der Waals surface area contributed by atoms with Gasteiger partial charge in [0.1, 0.15) is 0 Å². The topological polar surface area (TPSA) is 87.7 Å². The molecule has 0 saturated carbocycles. The van der Waals surface area contributed by atoms with E-state index in [0.29, 0.717) is 25.0 Å². The molecule has 8 heteroatoms. The number of amides is 1. The number of fused-ring (bicyclic) bond motifs is 2. The fourth-order valence-electron chi connectivity index (χ4n) is 3.19. The van der Waals surface area contributed by atoms with Gasteiger partial charge >= 0.3 is 16.3 Å². The zero-order valence-corrected chi connectivity index (χ0v) is 12.8. The van der Waals surface area contributed by atoms with E-state index in [2.05, 4.69) is 10.1 Å². The summed E-state index contributed by atoms with van der Waals surface area (Å²) in [5.74, 6) is 0. The number of hydrogen-bond donors (Lipinski definition) is 2. The molecule has 0 aromatic heterocycles. The van der Waals surface area contributed by atoms with E-state index in [1.54, 1.807) is 0 Å². The molecule has 7 nitrogen and oxygen atoms in total. The molecule has 2 bridgehead atoms. The first-order chi connectivity index (χ1) is 9.46. The first-order valence-corrected chi connectivity index (χ1v) is 8.53. The van der Waals surface area contributed by atoms with Gasteiger partial charge in [-0.25, -0.2) is 9.52 Å². The SMILES string of the molecule is CCCN(C1CC2CCC(C1)N2)S(=O)(=O)NC(=O)OC. The van der Waals surface area contributed by atoms with E-state index >= 15 is 0 Å². The molecule has 2 heterocycles. The predicted molar refractivity (Wildman–Crippen MR) is 74.4 cm³/mol. The van der Waals surface area contributed by atoms with Gasteiger partial charge in [-0.2, -0.15) is 12.7 Å². The molecule has 0 aromatic carbocycles. The quantitative estimate of drug-likeness (QED) is 0.776. The molecule has 0 aromatic rings. The van der Waals surface area contributed by atoms with Crippen LogP contribution in [-0.4, -0.2) is 50.6 Å². The standard InChI is InChI=1S/C12H23N3O4S/c1-3-6-15(20(17,18)14-12(16)19-2)11-7-9-4-5-10(8-11)13-9/h9-11,13H,3-8H2,1-2H3,(H,14,16). The summed E-state index contributed by atoms with van der Waals surface area (Å²) in [6.45, 7) is 2.34. The van der Waals surface area contributed by atoms with Crippen molar-refractivity contribution in [3.8, 4) is 0 Å². The smallest absolute Gasteiger partial charge is 0.421 e. The zero-order chi connectivity index (χ0) is 14.8. The lowest BCUT2D eigenvalue weighted by atomic mass is 10.00. The van der Waals surface area contributed by atoms with Gasteiger partial charge in [-0.3, -0.25) is 0 Å². The Morgan fingerprint density at radius 2 is 1.95 bits per heavy atom. The summed E-state index contributed by atoms with van der Waals surface area (Å²) in [5, 5.41) is 3.49. The molecule has 0 radical (unpaired) electrons. The third-order valence-electron chi connectivity index (χ3n) is 4.01. The number of nitrogens with zero attached hydrogens (tertiary/aromatic N) is 1. The average Bonchev–Trinajstić information content (AvgIpc) is 2.74. The highest BCUT2D eigenvalue weighted by atomic mass is 32.2. The minimum absolute atomic E-state index is 0.0455. The third kappa shape index (κ3) is 3.42. The lowest BCUT2D eigenvalue weighted by Crippen LogP contribution is -2.54. The van der Waals surface area contributed by atoms with Crippen LogP contribution >= 0.6 is 0 Å². The van der Waals surface area contributed by atoms with Gasteiger partial charge in [0.15, 0.2) is 0 Å². The van der Waals surface area contributed by atoms with Gasteiger partial charge in [0.05, 0.1) is 7.11 Å². The largest absolute Gasteiger partial charge is 0.452 e. The van der Waals surface area contributed by atoms with Crippen molar-refractivity contribution in [1.82, 2.24) is 14.3 Å². The van der Waals surface area contributed by atoms with Crippen molar-refractivity contribution in [1.29, 1.82) is 0 Å². The Kier molecular flexibility index (Phi) is 4.87. The van der Waals surface area contributed by atoms with E-state index in [4.69, 9.17) is 0 Å². The molecular weight excluding hydrogens is 282 g/mol. The molecular formula is C12H23N3O4S. The van der Waals surface area contributed by atoms with Crippen molar-refractivity contribution in [2.75, 3.05) is 13.7 Å². The number of ether oxygens (including phenoxy) is 1. The van der Waals surface area contributed by atoms with Gasteiger partial charge in [0.25, 0.3) is 0 Å². The van der Waals surface area contributed by atoms with Crippen LogP contribution in [0.3, 0.4) is 0 Å². The van der Waals surface area contributed by atoms with Crippen LogP contribution in [0.2, 0.25) is 0 Å². The number of nitrogens with one attached hydrogen (secondary N) is 2. The first kappa shape index (κ1) is 15.5. The molecule has 2 atom stereocenters. The minimum atomic E-state index is -3.83. The molecule has 1 amide bonds. The molecule has 2 N–H and O–H groups in total. The number of rotatable bonds is 5. The third-order valence-corrected chi connectivity index (χ3v) is 5.53. The number of hydrogen-bond acceptors (Lipinski definition) is 5. The highest BCUT2D eigenvalue weighted by Crippen LogP contribution is 2.30. The molecule has 0 aliphatic carbocycles. The van der Waals surface area contributed by atoms with Crippen molar-refractivity contribution in [2.45, 2.75) is 57.2 Å². The lowest BCUT2D eigenvalue weighted by Gasteiger charge is -2.36. The van der Waals surface area contributed by atoms with Gasteiger partial charge in [-0.15, -0.1) is 0 Å². The summed E-state index contributed by atoms with van der Waals surface area (Å²) in [7, 11) is -2.68. The Morgan fingerprint density at radius 1 is 1.35 bits per heavy atom. The average molecular weight is 305 g/mol. The van der Waals surface area contributed by atoms with Crippen molar-refractivity contribution in [3.05, 3.63) is 0 Å². The fraction of sp³-hybridized carbons (Fsp3) is 0.917. The number of carbonyl (C=O) groups is 1. The minimum Gasteiger partial charge on any atom is -0.452 e. The van der Waals surface area contributed by atoms with Crippen molar-refractivity contribution in [2.24, 2.45) is 0 Å². The predicted octanol–water partition coefficient (Wildman–Crippen LogP) is 0.582. The maximum atomic E-state index is 12.3. The van der Waals surface area contributed by atoms with E-state index in [9.17, 15) is 13.2 Å². The van der Waals surface area contributed by atoms with Crippen LogP contribution in [-0.2, 0) is 14.9 Å². The van der Waals surface area contributed by atoms with E-state index in [0.717, 1.165) is 32.8 Å². The Morgan fingerprint density at radius 3 is 2.45 bits per heavy atom. The van der Waals surface area contributed by atoms with E-state index < -0.39 is 16.3 Å². The number of carbonyl (C=O) groups excluding carboxylic acids is 1. The van der Waals surface area contributed by atoms with Crippen LogP contribution in [0.25, 0.3) is 0 Å². The number of piperidine rings is 1. The molecule has 2 aliphatic heterocycles. The van der Waals surface area contributed by atoms with Gasteiger partial charge in [-0.1, -0.05) is 6.92 Å². The second-order valence-electron chi connectivity index (χ2n) is 5.47. The first-order valence-electron chi connectivity index (χ1n) is 7.09.